The highest BCUT2D eigenvalue weighted by Gasteiger charge is 2.38. The van der Waals surface area contributed by atoms with Crippen LogP contribution in [0.1, 0.15) is 93.7 Å². The van der Waals surface area contributed by atoms with Gasteiger partial charge in [-0.1, -0.05) is 98.9 Å². The van der Waals surface area contributed by atoms with Crippen molar-refractivity contribution in [1.82, 2.24) is 5.32 Å². The molecule has 6 unspecified atom stereocenters. The van der Waals surface area contributed by atoms with Gasteiger partial charge in [0, 0.05) is 41.6 Å². The summed E-state index contributed by atoms with van der Waals surface area (Å²) in [6.45, 7) is 11.4. The second-order valence-corrected chi connectivity index (χ2v) is 13.3. The highest BCUT2D eigenvalue weighted by molar-refractivity contribution is 5.55. The summed E-state index contributed by atoms with van der Waals surface area (Å²) in [7, 11) is 2.16. The molecule has 6 rings (SSSR count). The Bertz CT molecular complexity index is 1430. The van der Waals surface area contributed by atoms with Gasteiger partial charge in [-0.2, -0.15) is 0 Å². The van der Waals surface area contributed by atoms with E-state index in [0.29, 0.717) is 29.6 Å². The molecule has 0 fully saturated rings. The fraction of sp³-hybridized carbons (Fsp3) is 0.463. The van der Waals surface area contributed by atoms with Crippen LogP contribution in [0.5, 0.6) is 5.75 Å². The zero-order valence-electron chi connectivity index (χ0n) is 26.8. The number of fused-ring (bicyclic) bond motifs is 4. The molecule has 1 heterocycles. The largest absolute Gasteiger partial charge is 0.485 e. The Morgan fingerprint density at radius 2 is 1.84 bits per heavy atom. The minimum atomic E-state index is 0.124. The topological polar surface area (TPSA) is 21.3 Å². The van der Waals surface area contributed by atoms with Crippen molar-refractivity contribution in [3.8, 4) is 5.75 Å². The van der Waals surface area contributed by atoms with Crippen LogP contribution in [0, 0.1) is 30.6 Å². The van der Waals surface area contributed by atoms with Gasteiger partial charge in [0.25, 0.3) is 0 Å². The van der Waals surface area contributed by atoms with Crippen molar-refractivity contribution in [2.45, 2.75) is 90.1 Å². The SMILES string of the molecule is C=C/C(=C(\CC)CC(CC(CC)c1c(C)ccc2c1OC1C=CC=CC21)C1=C(NC)C2C=CC[C@H]2CC1)C1C=CC=CC1. The van der Waals surface area contributed by atoms with E-state index in [0.717, 1.165) is 38.0 Å². The highest BCUT2D eigenvalue weighted by Crippen LogP contribution is 2.51. The van der Waals surface area contributed by atoms with Gasteiger partial charge < -0.3 is 10.1 Å². The van der Waals surface area contributed by atoms with Crippen LogP contribution in [0.2, 0.25) is 0 Å². The zero-order chi connectivity index (χ0) is 29.9. The molecular weight excluding hydrogens is 522 g/mol. The van der Waals surface area contributed by atoms with E-state index in [9.17, 15) is 0 Å². The van der Waals surface area contributed by atoms with E-state index in [1.807, 2.05) is 0 Å². The number of allylic oxidation sites excluding steroid dienone is 12. The Morgan fingerprint density at radius 1 is 1.00 bits per heavy atom. The summed E-state index contributed by atoms with van der Waals surface area (Å²) in [5, 5.41) is 3.75. The van der Waals surface area contributed by atoms with Crippen LogP contribution in [0.4, 0.5) is 0 Å². The summed E-state index contributed by atoms with van der Waals surface area (Å²) in [6, 6.07) is 4.68. The Hall–Kier alpha value is -3.26. The van der Waals surface area contributed by atoms with E-state index >= 15 is 0 Å². The maximum atomic E-state index is 6.76. The minimum absolute atomic E-state index is 0.124. The molecule has 1 aromatic carbocycles. The lowest BCUT2D eigenvalue weighted by Gasteiger charge is -2.37. The summed E-state index contributed by atoms with van der Waals surface area (Å²) in [5.74, 6) is 4.16. The van der Waals surface area contributed by atoms with E-state index in [2.05, 4.69) is 119 Å². The normalized spacial score (nSPS) is 28.6. The number of ether oxygens (including phenoxy) is 1. The lowest BCUT2D eigenvalue weighted by atomic mass is 9.70. The predicted molar refractivity (Wildman–Crippen MR) is 182 cm³/mol. The van der Waals surface area contributed by atoms with Gasteiger partial charge in [-0.3, -0.25) is 0 Å². The first-order valence-corrected chi connectivity index (χ1v) is 17.0. The van der Waals surface area contributed by atoms with Gasteiger partial charge in [-0.15, -0.1) is 0 Å². The molecule has 2 heteroatoms. The van der Waals surface area contributed by atoms with Gasteiger partial charge in [0.2, 0.25) is 0 Å². The van der Waals surface area contributed by atoms with E-state index in [1.165, 1.54) is 53.0 Å². The van der Waals surface area contributed by atoms with E-state index in [1.54, 1.807) is 11.1 Å². The average molecular weight is 574 g/mol. The molecule has 1 N–H and O–H groups in total. The molecule has 0 amide bonds. The number of benzene rings is 1. The average Bonchev–Trinajstić information content (AvgIpc) is 3.68. The molecule has 1 aliphatic heterocycles. The van der Waals surface area contributed by atoms with E-state index in [-0.39, 0.29) is 6.10 Å². The fourth-order valence-electron chi connectivity index (χ4n) is 8.82. The number of nitrogens with one attached hydrogen (secondary N) is 1. The summed E-state index contributed by atoms with van der Waals surface area (Å²) in [4.78, 5) is 0. The van der Waals surface area contributed by atoms with Gasteiger partial charge >= 0.3 is 0 Å². The van der Waals surface area contributed by atoms with Crippen molar-refractivity contribution in [3.05, 3.63) is 125 Å². The third-order valence-corrected chi connectivity index (χ3v) is 11.1. The highest BCUT2D eigenvalue weighted by atomic mass is 16.5. The van der Waals surface area contributed by atoms with Gasteiger partial charge in [-0.25, -0.2) is 0 Å². The van der Waals surface area contributed by atoms with E-state index < -0.39 is 0 Å². The Morgan fingerprint density at radius 3 is 2.58 bits per heavy atom. The number of hydrogen-bond donors (Lipinski definition) is 1. The molecule has 4 aliphatic carbocycles. The molecular formula is C41H51NO. The first-order chi connectivity index (χ1) is 21.1. The molecule has 5 aliphatic rings. The molecule has 7 atom stereocenters. The van der Waals surface area contributed by atoms with Crippen molar-refractivity contribution in [2.24, 2.45) is 23.7 Å². The molecule has 1 aromatic rings. The molecule has 0 saturated carbocycles. The van der Waals surface area contributed by atoms with Crippen LogP contribution in [0.3, 0.4) is 0 Å². The van der Waals surface area contributed by atoms with Gasteiger partial charge in [0.05, 0.1) is 0 Å². The van der Waals surface area contributed by atoms with Gasteiger partial charge in [0.1, 0.15) is 11.9 Å². The van der Waals surface area contributed by atoms with Crippen LogP contribution in [-0.2, 0) is 0 Å². The number of hydrogen-bond acceptors (Lipinski definition) is 2. The van der Waals surface area contributed by atoms with Crippen molar-refractivity contribution in [2.75, 3.05) is 7.05 Å². The first-order valence-electron chi connectivity index (χ1n) is 17.0. The van der Waals surface area contributed by atoms with Crippen molar-refractivity contribution in [3.63, 3.8) is 0 Å². The van der Waals surface area contributed by atoms with Crippen LogP contribution in [0.25, 0.3) is 0 Å². The summed E-state index contributed by atoms with van der Waals surface area (Å²) in [6.07, 6.45) is 34.4. The molecule has 2 nitrogen and oxygen atoms in total. The maximum absolute atomic E-state index is 6.76. The first kappa shape index (κ1) is 29.8. The molecule has 0 radical (unpaired) electrons. The lowest BCUT2D eigenvalue weighted by molar-refractivity contribution is 0.264. The molecule has 0 bridgehead atoms. The third-order valence-electron chi connectivity index (χ3n) is 11.1. The van der Waals surface area contributed by atoms with Crippen molar-refractivity contribution in [1.29, 1.82) is 0 Å². The Balaban J connectivity index is 1.41. The molecule has 226 valence electrons. The zero-order valence-corrected chi connectivity index (χ0v) is 26.8. The van der Waals surface area contributed by atoms with Crippen molar-refractivity contribution < 1.29 is 4.74 Å². The Labute approximate surface area is 260 Å². The molecule has 0 spiro atoms. The lowest BCUT2D eigenvalue weighted by Crippen LogP contribution is -2.29. The van der Waals surface area contributed by atoms with Crippen LogP contribution >= 0.6 is 0 Å². The quantitative estimate of drug-likeness (QED) is 0.210. The standard InChI is InChI=1S/C41H51NO/c1-6-28(33(8-3)30-15-10-9-11-16-30)25-32(35-24-22-31-17-14-19-34(31)40(35)42-5)26-29(7-2)39-27(4)21-23-37-36-18-12-13-20-38(36)43-41(37)39/h8-15,18-21,23,29-32,34,36,38,42H,3,6-7,16-17,22,24-26H2,1-2,4-5H3/b33-28-/t29?,30?,31-,32?,34?,36?,38?/m0/s1. The van der Waals surface area contributed by atoms with Gasteiger partial charge in [-0.05, 0) is 98.8 Å². The minimum Gasteiger partial charge on any atom is -0.485 e. The monoisotopic (exact) mass is 573 g/mol. The third kappa shape index (κ3) is 5.70. The van der Waals surface area contributed by atoms with Crippen molar-refractivity contribution >= 4 is 0 Å². The number of aryl methyl sites for hydroxylation is 1. The van der Waals surface area contributed by atoms with Crippen LogP contribution in [-0.4, -0.2) is 13.2 Å². The molecule has 43 heavy (non-hydrogen) atoms. The predicted octanol–water partition coefficient (Wildman–Crippen LogP) is 10.3. The summed E-state index contributed by atoms with van der Waals surface area (Å²) in [5.41, 5.74) is 10.4. The summed E-state index contributed by atoms with van der Waals surface area (Å²) >= 11 is 0. The van der Waals surface area contributed by atoms with Crippen LogP contribution in [0.15, 0.2) is 108 Å². The molecule has 0 aromatic heterocycles. The fourth-order valence-corrected chi connectivity index (χ4v) is 8.82. The second kappa shape index (κ2) is 13.2. The Kier molecular flexibility index (Phi) is 9.12. The maximum Gasteiger partial charge on any atom is 0.128 e. The second-order valence-electron chi connectivity index (χ2n) is 13.3. The molecule has 0 saturated heterocycles. The van der Waals surface area contributed by atoms with Crippen LogP contribution < -0.4 is 10.1 Å². The van der Waals surface area contributed by atoms with E-state index in [4.69, 9.17) is 4.74 Å². The number of rotatable bonds is 11. The summed E-state index contributed by atoms with van der Waals surface area (Å²) < 4.78 is 6.76. The van der Waals surface area contributed by atoms with Gasteiger partial charge in [0.15, 0.2) is 0 Å². The smallest absolute Gasteiger partial charge is 0.128 e.